The van der Waals surface area contributed by atoms with E-state index in [4.69, 9.17) is 11.6 Å². The third-order valence-electron chi connectivity index (χ3n) is 2.31. The molecule has 7 nitrogen and oxygen atoms in total. The maximum absolute atomic E-state index is 11.5. The van der Waals surface area contributed by atoms with Gasteiger partial charge in [-0.1, -0.05) is 11.6 Å². The summed E-state index contributed by atoms with van der Waals surface area (Å²) in [5.41, 5.74) is -0.106. The highest BCUT2D eigenvalue weighted by atomic mass is 35.5. The van der Waals surface area contributed by atoms with Crippen LogP contribution in [0.15, 0.2) is 11.0 Å². The van der Waals surface area contributed by atoms with Gasteiger partial charge in [-0.05, 0) is 0 Å². The van der Waals surface area contributed by atoms with Crippen LogP contribution < -0.4 is 10.9 Å². The van der Waals surface area contributed by atoms with Crippen LogP contribution in [0.3, 0.4) is 0 Å². The van der Waals surface area contributed by atoms with Crippen molar-refractivity contribution < 1.29 is 8.42 Å². The van der Waals surface area contributed by atoms with Crippen LogP contribution in [0, 0.1) is 0 Å². The summed E-state index contributed by atoms with van der Waals surface area (Å²) in [6.45, 7) is 0.148. The molecular formula is C9H15ClN4O3S. The van der Waals surface area contributed by atoms with E-state index < -0.39 is 15.6 Å². The van der Waals surface area contributed by atoms with Crippen molar-refractivity contribution in [2.45, 2.75) is 0 Å². The number of anilines is 1. The molecule has 18 heavy (non-hydrogen) atoms. The lowest BCUT2D eigenvalue weighted by atomic mass is 10.4. The molecule has 9 heteroatoms. The van der Waals surface area contributed by atoms with E-state index in [9.17, 15) is 13.2 Å². The second kappa shape index (κ2) is 5.68. The van der Waals surface area contributed by atoms with Crippen LogP contribution in [-0.4, -0.2) is 48.9 Å². The Morgan fingerprint density at radius 1 is 1.50 bits per heavy atom. The summed E-state index contributed by atoms with van der Waals surface area (Å²) < 4.78 is 25.2. The lowest BCUT2D eigenvalue weighted by molar-refractivity contribution is 0.521. The number of halogens is 1. The first-order valence-corrected chi connectivity index (χ1v) is 7.10. The maximum atomic E-state index is 11.5. The summed E-state index contributed by atoms with van der Waals surface area (Å²) in [7, 11) is 1.13. The fourth-order valence-electron chi connectivity index (χ4n) is 1.13. The molecule has 1 aromatic heterocycles. The Bertz CT molecular complexity index is 582. The van der Waals surface area contributed by atoms with E-state index in [0.717, 1.165) is 8.99 Å². The Hall–Kier alpha value is -1.12. The van der Waals surface area contributed by atoms with Crippen LogP contribution >= 0.6 is 11.6 Å². The number of hydrogen-bond donors (Lipinski definition) is 1. The second-order valence-electron chi connectivity index (χ2n) is 3.83. The molecule has 0 saturated carbocycles. The third-order valence-corrected chi connectivity index (χ3v) is 4.51. The highest BCUT2D eigenvalue weighted by Crippen LogP contribution is 2.14. The topological polar surface area (TPSA) is 84.3 Å². The zero-order chi connectivity index (χ0) is 13.9. The van der Waals surface area contributed by atoms with Gasteiger partial charge in [0.15, 0.2) is 0 Å². The first kappa shape index (κ1) is 14.9. The number of aromatic nitrogens is 2. The average molecular weight is 295 g/mol. The Labute approximate surface area is 110 Å². The van der Waals surface area contributed by atoms with Gasteiger partial charge in [-0.25, -0.2) is 17.4 Å². The van der Waals surface area contributed by atoms with E-state index in [1.807, 2.05) is 0 Å². The zero-order valence-corrected chi connectivity index (χ0v) is 11.9. The Kier molecular flexibility index (Phi) is 4.71. The fourth-order valence-corrected chi connectivity index (χ4v) is 2.09. The van der Waals surface area contributed by atoms with Crippen molar-refractivity contribution in [2.24, 2.45) is 7.05 Å². The van der Waals surface area contributed by atoms with Crippen LogP contribution in [0.2, 0.25) is 5.02 Å². The number of sulfonamides is 1. The molecule has 0 radical (unpaired) electrons. The lowest BCUT2D eigenvalue weighted by Crippen LogP contribution is -2.29. The fraction of sp³-hybridized carbons (Fsp3) is 0.556. The predicted octanol–water partition coefficient (Wildman–Crippen LogP) is -0.263. The van der Waals surface area contributed by atoms with Crippen molar-refractivity contribution in [1.82, 2.24) is 14.1 Å². The van der Waals surface area contributed by atoms with Gasteiger partial charge in [-0.15, -0.1) is 0 Å². The monoisotopic (exact) mass is 294 g/mol. The largest absolute Gasteiger partial charge is 0.381 e. The Morgan fingerprint density at radius 3 is 2.67 bits per heavy atom. The molecule has 0 aromatic carbocycles. The molecule has 0 amide bonds. The number of nitrogens with one attached hydrogen (secondary N) is 1. The van der Waals surface area contributed by atoms with E-state index >= 15 is 0 Å². The Balaban J connectivity index is 2.72. The van der Waals surface area contributed by atoms with Gasteiger partial charge in [0, 0.05) is 27.7 Å². The van der Waals surface area contributed by atoms with Gasteiger partial charge >= 0.3 is 0 Å². The molecule has 0 fully saturated rings. The summed E-state index contributed by atoms with van der Waals surface area (Å²) in [5.74, 6) is -0.0917. The molecule has 1 N–H and O–H groups in total. The van der Waals surface area contributed by atoms with Gasteiger partial charge in [-0.2, -0.15) is 5.10 Å². The third kappa shape index (κ3) is 3.44. The van der Waals surface area contributed by atoms with Gasteiger partial charge < -0.3 is 5.32 Å². The summed E-state index contributed by atoms with van der Waals surface area (Å²) in [4.78, 5) is 11.5. The second-order valence-corrected chi connectivity index (χ2v) is 6.51. The minimum absolute atomic E-state index is 0.00486. The SMILES string of the molecule is CN(C)S(=O)(=O)CCNc1cnn(C)c(=O)c1Cl. The van der Waals surface area contributed by atoms with E-state index in [2.05, 4.69) is 10.4 Å². The molecule has 0 aliphatic carbocycles. The van der Waals surface area contributed by atoms with Crippen LogP contribution in [0.1, 0.15) is 0 Å². The van der Waals surface area contributed by atoms with Crippen LogP contribution in [0.25, 0.3) is 0 Å². The number of nitrogens with zero attached hydrogens (tertiary/aromatic N) is 3. The van der Waals surface area contributed by atoms with Gasteiger partial charge in [0.05, 0.1) is 17.6 Å². The molecule has 1 heterocycles. The van der Waals surface area contributed by atoms with Crippen molar-refractivity contribution in [3.63, 3.8) is 0 Å². The summed E-state index contributed by atoms with van der Waals surface area (Å²) in [6.07, 6.45) is 1.38. The molecule has 0 aliphatic rings. The van der Waals surface area contributed by atoms with E-state index in [0.29, 0.717) is 5.69 Å². The highest BCUT2D eigenvalue weighted by Gasteiger charge is 2.13. The van der Waals surface area contributed by atoms with Crippen molar-refractivity contribution in [1.29, 1.82) is 0 Å². The smallest absolute Gasteiger partial charge is 0.287 e. The standard InChI is InChI=1S/C9H15ClN4O3S/c1-13(2)18(16,17)5-4-11-7-6-12-14(3)9(15)8(7)10/h6,11H,4-5H2,1-3H3. The molecule has 0 saturated heterocycles. The van der Waals surface area contributed by atoms with Gasteiger partial charge in [0.1, 0.15) is 5.02 Å². The molecule has 1 aromatic rings. The molecule has 1 rings (SSSR count). The summed E-state index contributed by atoms with van der Waals surface area (Å²) >= 11 is 5.82. The first-order chi connectivity index (χ1) is 8.25. The number of rotatable bonds is 5. The normalized spacial score (nSPS) is 11.8. The quantitative estimate of drug-likeness (QED) is 0.809. The molecule has 102 valence electrons. The molecule has 0 atom stereocenters. The maximum Gasteiger partial charge on any atom is 0.287 e. The highest BCUT2D eigenvalue weighted by molar-refractivity contribution is 7.89. The van der Waals surface area contributed by atoms with E-state index in [1.165, 1.54) is 27.3 Å². The predicted molar refractivity (Wildman–Crippen MR) is 70.5 cm³/mol. The van der Waals surface area contributed by atoms with Gasteiger partial charge in [0.2, 0.25) is 10.0 Å². The van der Waals surface area contributed by atoms with Crippen LogP contribution in [-0.2, 0) is 17.1 Å². The van der Waals surface area contributed by atoms with Crippen molar-refractivity contribution >= 4 is 27.3 Å². The van der Waals surface area contributed by atoms with E-state index in [-0.39, 0.29) is 17.3 Å². The Morgan fingerprint density at radius 2 is 2.11 bits per heavy atom. The van der Waals surface area contributed by atoms with E-state index in [1.54, 1.807) is 0 Å². The molecule has 0 unspecified atom stereocenters. The van der Waals surface area contributed by atoms with Gasteiger partial charge in [-0.3, -0.25) is 4.79 Å². The van der Waals surface area contributed by atoms with Gasteiger partial charge in [0.25, 0.3) is 5.56 Å². The number of hydrogen-bond acceptors (Lipinski definition) is 5. The molecule has 0 aliphatic heterocycles. The first-order valence-electron chi connectivity index (χ1n) is 5.11. The van der Waals surface area contributed by atoms with Crippen molar-refractivity contribution in [3.05, 3.63) is 21.6 Å². The molecular weight excluding hydrogens is 280 g/mol. The number of aryl methyl sites for hydroxylation is 1. The molecule has 0 bridgehead atoms. The van der Waals surface area contributed by atoms with Crippen molar-refractivity contribution in [3.8, 4) is 0 Å². The lowest BCUT2D eigenvalue weighted by Gasteiger charge is -2.12. The summed E-state index contributed by atoms with van der Waals surface area (Å²) in [5, 5.41) is 6.56. The minimum Gasteiger partial charge on any atom is -0.381 e. The zero-order valence-electron chi connectivity index (χ0n) is 10.3. The molecule has 0 spiro atoms. The van der Waals surface area contributed by atoms with Crippen LogP contribution in [0.5, 0.6) is 0 Å². The minimum atomic E-state index is -3.28. The van der Waals surface area contributed by atoms with Crippen LogP contribution in [0.4, 0.5) is 5.69 Å². The summed E-state index contributed by atoms with van der Waals surface area (Å²) in [6, 6.07) is 0. The van der Waals surface area contributed by atoms with Crippen molar-refractivity contribution in [2.75, 3.05) is 31.7 Å². The average Bonchev–Trinajstić information content (AvgIpc) is 2.29.